The number of benzene rings is 1. The number of esters is 1. The van der Waals surface area contributed by atoms with Gasteiger partial charge in [-0.05, 0) is 25.0 Å². The van der Waals surface area contributed by atoms with Crippen LogP contribution >= 0.6 is 23.2 Å². The zero-order chi connectivity index (χ0) is 21.7. The lowest BCUT2D eigenvalue weighted by molar-refractivity contribution is -0.920. The van der Waals surface area contributed by atoms with Crippen LogP contribution in [0.5, 0.6) is 0 Å². The van der Waals surface area contributed by atoms with Gasteiger partial charge in [-0.3, -0.25) is 0 Å². The van der Waals surface area contributed by atoms with Crippen molar-refractivity contribution in [1.82, 2.24) is 0 Å². The third-order valence-electron chi connectivity index (χ3n) is 5.47. The lowest BCUT2D eigenvalue weighted by atomic mass is 10.0. The minimum absolute atomic E-state index is 0. The maximum atomic E-state index is 12.8. The summed E-state index contributed by atoms with van der Waals surface area (Å²) in [7, 11) is 4.20. The molecule has 0 aliphatic rings. The quantitative estimate of drug-likeness (QED) is 0.211. The first kappa shape index (κ1) is 29.5. The van der Waals surface area contributed by atoms with Gasteiger partial charge in [-0.25, -0.2) is 4.79 Å². The Bertz CT molecular complexity index is 608. The van der Waals surface area contributed by atoms with Crippen LogP contribution in [0.15, 0.2) is 18.2 Å². The Morgan fingerprint density at radius 2 is 1.53 bits per heavy atom. The largest absolute Gasteiger partial charge is 1.00 e. The van der Waals surface area contributed by atoms with Crippen molar-refractivity contribution >= 4 is 29.2 Å². The summed E-state index contributed by atoms with van der Waals surface area (Å²) >= 11 is 12.2. The predicted molar refractivity (Wildman–Crippen MR) is 125 cm³/mol. The summed E-state index contributed by atoms with van der Waals surface area (Å²) in [4.78, 5) is 12.8. The zero-order valence-electron chi connectivity index (χ0n) is 19.2. The fourth-order valence-corrected chi connectivity index (χ4v) is 4.06. The topological polar surface area (TPSA) is 26.3 Å². The number of hydrogen-bond acceptors (Lipinski definition) is 2. The van der Waals surface area contributed by atoms with Gasteiger partial charge in [0.25, 0.3) is 0 Å². The van der Waals surface area contributed by atoms with Gasteiger partial charge in [-0.2, -0.15) is 0 Å². The van der Waals surface area contributed by atoms with Crippen molar-refractivity contribution < 1.29 is 26.4 Å². The van der Waals surface area contributed by atoms with Crippen molar-refractivity contribution in [2.75, 3.05) is 20.7 Å². The number of nitrogens with zero attached hydrogens (tertiary/aromatic N) is 1. The summed E-state index contributed by atoms with van der Waals surface area (Å²) in [5, 5.41) is 1.11. The smallest absolute Gasteiger partial charge is 0.364 e. The first-order chi connectivity index (χ1) is 13.8. The van der Waals surface area contributed by atoms with E-state index in [0.717, 1.165) is 24.8 Å². The van der Waals surface area contributed by atoms with Crippen LogP contribution < -0.4 is 12.4 Å². The number of carbonyl (C=O) groups is 1. The van der Waals surface area contributed by atoms with Crippen LogP contribution in [-0.2, 0) is 16.1 Å². The highest BCUT2D eigenvalue weighted by Crippen LogP contribution is 2.26. The van der Waals surface area contributed by atoms with Crippen LogP contribution in [0, 0.1) is 0 Å². The van der Waals surface area contributed by atoms with Gasteiger partial charge in [-0.15, -0.1) is 0 Å². The predicted octanol–water partition coefficient (Wildman–Crippen LogP) is 4.43. The van der Waals surface area contributed by atoms with Crippen molar-refractivity contribution in [1.29, 1.82) is 0 Å². The van der Waals surface area contributed by atoms with Gasteiger partial charge in [0, 0.05) is 12.0 Å². The van der Waals surface area contributed by atoms with Gasteiger partial charge in [0.15, 0.2) is 6.04 Å². The first-order valence-corrected chi connectivity index (χ1v) is 12.0. The van der Waals surface area contributed by atoms with Gasteiger partial charge < -0.3 is 21.6 Å². The van der Waals surface area contributed by atoms with Crippen LogP contribution in [0.2, 0.25) is 10.0 Å². The maximum absolute atomic E-state index is 12.8. The summed E-state index contributed by atoms with van der Waals surface area (Å²) in [5.41, 5.74) is 1.08. The highest BCUT2D eigenvalue weighted by Gasteiger charge is 2.36. The highest BCUT2D eigenvalue weighted by atomic mass is 35.5. The van der Waals surface area contributed by atoms with E-state index in [1.807, 2.05) is 25.1 Å². The van der Waals surface area contributed by atoms with E-state index in [9.17, 15) is 4.79 Å². The van der Waals surface area contributed by atoms with Crippen LogP contribution in [0.3, 0.4) is 0 Å². The third-order valence-corrected chi connectivity index (χ3v) is 6.21. The molecule has 0 aliphatic heterocycles. The van der Waals surface area contributed by atoms with Crippen LogP contribution in [0.1, 0.15) is 83.6 Å². The Labute approximate surface area is 200 Å². The molecule has 0 saturated carbocycles. The number of hydrogen-bond donors (Lipinski definition) is 0. The molecule has 1 aromatic rings. The molecule has 6 heteroatoms. The molecule has 0 heterocycles. The van der Waals surface area contributed by atoms with E-state index < -0.39 is 0 Å². The van der Waals surface area contributed by atoms with Crippen molar-refractivity contribution in [2.24, 2.45) is 0 Å². The molecule has 30 heavy (non-hydrogen) atoms. The first-order valence-electron chi connectivity index (χ1n) is 11.2. The van der Waals surface area contributed by atoms with Crippen LogP contribution in [0.25, 0.3) is 0 Å². The summed E-state index contributed by atoms with van der Waals surface area (Å²) in [6.45, 7) is 5.46. The fraction of sp³-hybridized carbons (Fsp3) is 0.708. The van der Waals surface area contributed by atoms with Gasteiger partial charge in [0.05, 0.1) is 30.7 Å². The van der Waals surface area contributed by atoms with Crippen molar-refractivity contribution in [3.63, 3.8) is 0 Å². The second-order valence-electron chi connectivity index (χ2n) is 8.63. The molecule has 0 amide bonds. The van der Waals surface area contributed by atoms with E-state index in [1.165, 1.54) is 44.9 Å². The maximum Gasteiger partial charge on any atom is 0.364 e. The molecule has 174 valence electrons. The second-order valence-corrected chi connectivity index (χ2v) is 9.45. The minimum atomic E-state index is -0.170. The molecule has 0 N–H and O–H groups in total. The molecule has 0 fully saturated rings. The molecule has 0 spiro atoms. The van der Waals surface area contributed by atoms with Gasteiger partial charge in [0.2, 0.25) is 0 Å². The van der Waals surface area contributed by atoms with Crippen molar-refractivity contribution in [2.45, 2.75) is 90.6 Å². The number of unbranched alkanes of at least 4 members (excludes halogenated alkanes) is 7. The molecule has 0 bridgehead atoms. The minimum Gasteiger partial charge on any atom is -1.00 e. The Kier molecular flexibility index (Phi) is 15.9. The molecule has 1 unspecified atom stereocenters. The highest BCUT2D eigenvalue weighted by molar-refractivity contribution is 6.42. The molecule has 1 aromatic carbocycles. The second kappa shape index (κ2) is 16.2. The molecular formula is C24H40Cl3NO2. The molecule has 1 rings (SSSR count). The Morgan fingerprint density at radius 3 is 2.10 bits per heavy atom. The van der Waals surface area contributed by atoms with E-state index in [0.29, 0.717) is 27.7 Å². The lowest BCUT2D eigenvalue weighted by Crippen LogP contribution is -3.00. The molecule has 0 saturated heterocycles. The Morgan fingerprint density at radius 1 is 0.933 bits per heavy atom. The SMILES string of the molecule is CCCCCCCCCCC(C(=O)OCCC)[N+](C)(C)Cc1ccc(Cl)c(Cl)c1.[Cl-]. The number of quaternary nitrogens is 1. The van der Waals surface area contributed by atoms with Crippen molar-refractivity contribution in [3.05, 3.63) is 33.8 Å². The monoisotopic (exact) mass is 479 g/mol. The van der Waals surface area contributed by atoms with Crippen LogP contribution in [-0.4, -0.2) is 37.2 Å². The van der Waals surface area contributed by atoms with E-state index in [1.54, 1.807) is 0 Å². The number of ether oxygens (including phenoxy) is 1. The van der Waals surface area contributed by atoms with E-state index in [4.69, 9.17) is 27.9 Å². The molecule has 3 nitrogen and oxygen atoms in total. The van der Waals surface area contributed by atoms with E-state index in [-0.39, 0.29) is 24.4 Å². The average Bonchev–Trinajstić information content (AvgIpc) is 2.67. The molecule has 0 aromatic heterocycles. The van der Waals surface area contributed by atoms with Gasteiger partial charge >= 0.3 is 5.97 Å². The van der Waals surface area contributed by atoms with E-state index in [2.05, 4.69) is 21.0 Å². The summed E-state index contributed by atoms with van der Waals surface area (Å²) in [6.07, 6.45) is 11.8. The fourth-order valence-electron chi connectivity index (χ4n) is 3.74. The standard InChI is InChI=1S/C24H40Cl2NO2.ClH/c1-5-7-8-9-10-11-12-13-14-23(24(28)29-17-6-2)27(3,4)19-20-15-16-21(25)22(26)18-20;/h15-16,18,23H,5-14,17,19H2,1-4H3;1H/q+1;/p-1. The number of carbonyl (C=O) groups excluding carboxylic acids is 1. The Balaban J connectivity index is 0.00000841. The number of halogens is 3. The number of rotatable bonds is 15. The normalized spacial score (nSPS) is 12.3. The average molecular weight is 481 g/mol. The summed E-state index contributed by atoms with van der Waals surface area (Å²) in [6, 6.07) is 5.53. The summed E-state index contributed by atoms with van der Waals surface area (Å²) in [5.74, 6) is -0.0835. The van der Waals surface area contributed by atoms with Crippen molar-refractivity contribution in [3.8, 4) is 0 Å². The Hall–Kier alpha value is -0.480. The van der Waals surface area contributed by atoms with Gasteiger partial charge in [0.1, 0.15) is 6.54 Å². The molecule has 0 radical (unpaired) electrons. The molecule has 0 aliphatic carbocycles. The zero-order valence-corrected chi connectivity index (χ0v) is 21.5. The molecule has 1 atom stereocenters. The van der Waals surface area contributed by atoms with Crippen LogP contribution in [0.4, 0.5) is 0 Å². The third kappa shape index (κ3) is 11.2. The summed E-state index contributed by atoms with van der Waals surface area (Å²) < 4.78 is 6.09. The van der Waals surface area contributed by atoms with E-state index >= 15 is 0 Å². The lowest BCUT2D eigenvalue weighted by Gasteiger charge is -2.36. The molecular weight excluding hydrogens is 441 g/mol. The van der Waals surface area contributed by atoms with Gasteiger partial charge in [-0.1, -0.05) is 88.1 Å². The number of likely N-dealkylation sites (N-methyl/N-ethyl adjacent to an activating group) is 1.